The Hall–Kier alpha value is -1.58. The molecule has 0 heterocycles. The first-order chi connectivity index (χ1) is 8.33. The van der Waals surface area contributed by atoms with Crippen LogP contribution in [0.25, 0.3) is 0 Å². The molecule has 0 radical (unpaired) electrons. The maximum atomic E-state index is 9.98. The Morgan fingerprint density at radius 1 is 0.833 bits per heavy atom. The van der Waals surface area contributed by atoms with Crippen LogP contribution in [0.1, 0.15) is 53.4 Å². The second-order valence-electron chi connectivity index (χ2n) is 4.00. The molecule has 0 bridgehead atoms. The van der Waals surface area contributed by atoms with E-state index < -0.39 is 11.9 Å². The molecule has 104 valence electrons. The van der Waals surface area contributed by atoms with Crippen LogP contribution in [0.5, 0.6) is 0 Å². The smallest absolute Gasteiger partial charge is 0.307 e. The molecule has 0 aromatic rings. The van der Waals surface area contributed by atoms with E-state index in [0.29, 0.717) is 0 Å². The molecule has 0 amide bonds. The van der Waals surface area contributed by atoms with Crippen molar-refractivity contribution in [3.05, 3.63) is 23.3 Å². The number of allylic oxidation sites excluding steroid dienone is 2. The quantitative estimate of drug-likeness (QED) is 0.711. The molecule has 0 rings (SSSR count). The van der Waals surface area contributed by atoms with Gasteiger partial charge in [0.2, 0.25) is 0 Å². The molecular formula is C14H24O4. The number of rotatable bonds is 6. The number of carboxylic acids is 2. The lowest BCUT2D eigenvalue weighted by Gasteiger charge is -1.90. The van der Waals surface area contributed by atoms with E-state index in [0.717, 1.165) is 24.0 Å². The van der Waals surface area contributed by atoms with Gasteiger partial charge in [0.1, 0.15) is 0 Å². The number of hydrogen-bond acceptors (Lipinski definition) is 2. The van der Waals surface area contributed by atoms with Gasteiger partial charge >= 0.3 is 11.9 Å². The van der Waals surface area contributed by atoms with E-state index in [1.165, 1.54) is 0 Å². The van der Waals surface area contributed by atoms with Crippen molar-refractivity contribution in [1.29, 1.82) is 0 Å². The third-order valence-electron chi connectivity index (χ3n) is 2.37. The fraction of sp³-hybridized carbons (Fsp3) is 0.571. The van der Waals surface area contributed by atoms with E-state index in [1.807, 2.05) is 27.7 Å². The second-order valence-corrected chi connectivity index (χ2v) is 4.00. The minimum atomic E-state index is -0.761. The lowest BCUT2D eigenvalue weighted by atomic mass is 10.2. The molecular weight excluding hydrogens is 232 g/mol. The topological polar surface area (TPSA) is 74.6 Å². The molecule has 0 aromatic heterocycles. The zero-order valence-electron chi connectivity index (χ0n) is 11.7. The Kier molecular flexibility index (Phi) is 12.4. The van der Waals surface area contributed by atoms with Gasteiger partial charge in [-0.1, -0.05) is 37.1 Å². The average molecular weight is 256 g/mol. The standard InChI is InChI=1S/2C7H12O2/c2*1-3-6(2)4-5-7(8)9/h2*4H,3,5H2,1-2H3,(H,8,9)/b6-4+;6-4-. The molecule has 0 unspecified atom stereocenters. The highest BCUT2D eigenvalue weighted by atomic mass is 16.4. The first-order valence-corrected chi connectivity index (χ1v) is 6.08. The van der Waals surface area contributed by atoms with Gasteiger partial charge in [-0.2, -0.15) is 0 Å². The van der Waals surface area contributed by atoms with Crippen LogP contribution in [0.4, 0.5) is 0 Å². The van der Waals surface area contributed by atoms with Crippen LogP contribution < -0.4 is 0 Å². The maximum absolute atomic E-state index is 9.98. The van der Waals surface area contributed by atoms with E-state index >= 15 is 0 Å². The Bertz CT molecular complexity index is 282. The predicted molar refractivity (Wildman–Crippen MR) is 72.6 cm³/mol. The lowest BCUT2D eigenvalue weighted by molar-refractivity contribution is -0.137. The first kappa shape index (κ1) is 18.8. The third kappa shape index (κ3) is 16.8. The molecule has 0 spiro atoms. The molecule has 0 saturated heterocycles. The van der Waals surface area contributed by atoms with Gasteiger partial charge in [0.05, 0.1) is 12.8 Å². The first-order valence-electron chi connectivity index (χ1n) is 6.08. The summed E-state index contributed by atoms with van der Waals surface area (Å²) >= 11 is 0. The predicted octanol–water partition coefficient (Wildman–Crippen LogP) is 3.63. The average Bonchev–Trinajstić information content (AvgIpc) is 2.33. The summed E-state index contributed by atoms with van der Waals surface area (Å²) < 4.78 is 0. The van der Waals surface area contributed by atoms with Crippen molar-refractivity contribution in [2.45, 2.75) is 53.4 Å². The van der Waals surface area contributed by atoms with E-state index in [2.05, 4.69) is 0 Å². The van der Waals surface area contributed by atoms with E-state index in [-0.39, 0.29) is 12.8 Å². The van der Waals surface area contributed by atoms with Crippen LogP contribution in [0, 0.1) is 0 Å². The van der Waals surface area contributed by atoms with Gasteiger partial charge in [0.25, 0.3) is 0 Å². The Labute approximate surface area is 109 Å². The Balaban J connectivity index is 0. The summed E-state index contributed by atoms with van der Waals surface area (Å²) in [7, 11) is 0. The molecule has 4 nitrogen and oxygen atoms in total. The molecule has 0 atom stereocenters. The van der Waals surface area contributed by atoms with Gasteiger partial charge in [0.15, 0.2) is 0 Å². The minimum Gasteiger partial charge on any atom is -0.481 e. The van der Waals surface area contributed by atoms with Crippen LogP contribution in [0.15, 0.2) is 23.3 Å². The van der Waals surface area contributed by atoms with Crippen molar-refractivity contribution in [2.75, 3.05) is 0 Å². The highest BCUT2D eigenvalue weighted by molar-refractivity contribution is 5.69. The summed E-state index contributed by atoms with van der Waals surface area (Å²) in [5, 5.41) is 16.4. The van der Waals surface area contributed by atoms with E-state index in [9.17, 15) is 9.59 Å². The molecule has 0 aromatic carbocycles. The third-order valence-corrected chi connectivity index (χ3v) is 2.37. The van der Waals surface area contributed by atoms with Crippen molar-refractivity contribution in [3.63, 3.8) is 0 Å². The monoisotopic (exact) mass is 256 g/mol. The molecule has 0 saturated carbocycles. The summed E-state index contributed by atoms with van der Waals surface area (Å²) in [6, 6.07) is 0. The van der Waals surface area contributed by atoms with E-state index in [1.54, 1.807) is 12.2 Å². The molecule has 2 N–H and O–H groups in total. The summed E-state index contributed by atoms with van der Waals surface area (Å²) in [4.78, 5) is 20.0. The molecule has 0 fully saturated rings. The number of carbonyl (C=O) groups is 2. The van der Waals surface area contributed by atoms with Crippen LogP contribution in [-0.4, -0.2) is 22.2 Å². The van der Waals surface area contributed by atoms with Crippen molar-refractivity contribution in [3.8, 4) is 0 Å². The molecule has 0 aliphatic heterocycles. The molecule has 0 aliphatic rings. The van der Waals surface area contributed by atoms with Crippen LogP contribution in [-0.2, 0) is 9.59 Å². The molecule has 4 heteroatoms. The highest BCUT2D eigenvalue weighted by Crippen LogP contribution is 1.99. The number of carboxylic acid groups (broad SMARTS) is 2. The highest BCUT2D eigenvalue weighted by Gasteiger charge is 1.91. The van der Waals surface area contributed by atoms with Crippen LogP contribution >= 0.6 is 0 Å². The van der Waals surface area contributed by atoms with Gasteiger partial charge in [-0.15, -0.1) is 0 Å². The zero-order valence-corrected chi connectivity index (χ0v) is 11.7. The lowest BCUT2D eigenvalue weighted by Crippen LogP contribution is -1.90. The summed E-state index contributed by atoms with van der Waals surface area (Å²) in [5.74, 6) is -1.52. The largest absolute Gasteiger partial charge is 0.481 e. The Morgan fingerprint density at radius 2 is 1.11 bits per heavy atom. The number of aliphatic carboxylic acids is 2. The van der Waals surface area contributed by atoms with Crippen molar-refractivity contribution >= 4 is 11.9 Å². The SMILES string of the molecule is CC/C(C)=C/CC(=O)O.CC/C(C)=C\CC(=O)O. The minimum absolute atomic E-state index is 0.152. The van der Waals surface area contributed by atoms with Gasteiger partial charge in [-0.3, -0.25) is 9.59 Å². The maximum Gasteiger partial charge on any atom is 0.307 e. The summed E-state index contributed by atoms with van der Waals surface area (Å²) in [5.41, 5.74) is 2.27. The van der Waals surface area contributed by atoms with Gasteiger partial charge < -0.3 is 10.2 Å². The van der Waals surface area contributed by atoms with Crippen LogP contribution in [0.3, 0.4) is 0 Å². The second kappa shape index (κ2) is 11.9. The fourth-order valence-corrected chi connectivity index (χ4v) is 0.812. The van der Waals surface area contributed by atoms with Gasteiger partial charge in [-0.25, -0.2) is 0 Å². The summed E-state index contributed by atoms with van der Waals surface area (Å²) in [6.45, 7) is 7.88. The fourth-order valence-electron chi connectivity index (χ4n) is 0.812. The Morgan fingerprint density at radius 3 is 1.28 bits per heavy atom. The number of hydrogen-bond donors (Lipinski definition) is 2. The van der Waals surface area contributed by atoms with Gasteiger partial charge in [0, 0.05) is 0 Å². The van der Waals surface area contributed by atoms with Crippen molar-refractivity contribution < 1.29 is 19.8 Å². The van der Waals surface area contributed by atoms with Gasteiger partial charge in [-0.05, 0) is 26.7 Å². The summed E-state index contributed by atoms with van der Waals surface area (Å²) in [6.07, 6.45) is 5.66. The molecule has 18 heavy (non-hydrogen) atoms. The van der Waals surface area contributed by atoms with Crippen LogP contribution in [0.2, 0.25) is 0 Å². The molecule has 0 aliphatic carbocycles. The van der Waals surface area contributed by atoms with Crippen molar-refractivity contribution in [1.82, 2.24) is 0 Å². The zero-order chi connectivity index (χ0) is 14.6. The normalized spacial score (nSPS) is 11.6. The van der Waals surface area contributed by atoms with Crippen molar-refractivity contribution in [2.24, 2.45) is 0 Å². The van der Waals surface area contributed by atoms with E-state index in [4.69, 9.17) is 10.2 Å².